The molecule has 0 saturated carbocycles. The number of rotatable bonds is 4. The van der Waals surface area contributed by atoms with Crippen molar-refractivity contribution in [1.82, 2.24) is 3.94 Å². The van der Waals surface area contributed by atoms with E-state index in [4.69, 9.17) is 35.2 Å². The number of halogens is 3. The first-order valence-electron chi connectivity index (χ1n) is 4.02. The fourth-order valence-electron chi connectivity index (χ4n) is 1.07. The summed E-state index contributed by atoms with van der Waals surface area (Å²) in [5.74, 6) is 0. The molecule has 0 fully saturated rings. The highest BCUT2D eigenvalue weighted by atomic mass is 35.5. The second-order valence-corrected chi connectivity index (χ2v) is 4.22. The molecule has 0 aliphatic rings. The maximum absolute atomic E-state index is 10.6. The molecule has 0 spiro atoms. The van der Waals surface area contributed by atoms with Crippen LogP contribution in [0.2, 0.25) is 5.02 Å². The molecule has 0 aliphatic carbocycles. The summed E-state index contributed by atoms with van der Waals surface area (Å²) in [5, 5.41) is 10.7. The second kappa shape index (κ2) is 5.51. The van der Waals surface area contributed by atoms with Gasteiger partial charge in [0, 0.05) is 12.6 Å². The van der Waals surface area contributed by atoms with Crippen molar-refractivity contribution < 1.29 is 4.92 Å². The van der Waals surface area contributed by atoms with Gasteiger partial charge in [-0.25, -0.2) is 0 Å². The monoisotopic (exact) mass is 268 g/mol. The first-order valence-corrected chi connectivity index (χ1v) is 5.08. The summed E-state index contributed by atoms with van der Waals surface area (Å²) in [6.07, 6.45) is 0.519. The highest BCUT2D eigenvalue weighted by molar-refractivity contribution is 6.33. The molecular formula is C8H7Cl3N2O2. The molecular weight excluding hydrogens is 262 g/mol. The Bertz CT molecular complexity index is 371. The van der Waals surface area contributed by atoms with Gasteiger partial charge in [0.15, 0.2) is 0 Å². The van der Waals surface area contributed by atoms with Gasteiger partial charge >= 0.3 is 0 Å². The Kier molecular flexibility index (Phi) is 4.60. The van der Waals surface area contributed by atoms with E-state index in [9.17, 15) is 10.1 Å². The first kappa shape index (κ1) is 12.5. The molecule has 0 bridgehead atoms. The summed E-state index contributed by atoms with van der Waals surface area (Å²) in [7, 11) is 0. The zero-order valence-corrected chi connectivity index (χ0v) is 9.76. The van der Waals surface area contributed by atoms with Crippen LogP contribution in [-0.4, -0.2) is 15.4 Å². The minimum absolute atomic E-state index is 0.107. The van der Waals surface area contributed by atoms with E-state index < -0.39 is 4.92 Å². The van der Waals surface area contributed by atoms with E-state index in [1.165, 1.54) is 12.1 Å². The van der Waals surface area contributed by atoms with Crippen molar-refractivity contribution in [3.63, 3.8) is 0 Å². The average molecular weight is 270 g/mol. The van der Waals surface area contributed by atoms with Gasteiger partial charge in [0.25, 0.3) is 5.69 Å². The van der Waals surface area contributed by atoms with Crippen LogP contribution in [0.4, 0.5) is 5.69 Å². The molecule has 0 N–H and O–H groups in total. The Labute approximate surface area is 102 Å². The molecule has 15 heavy (non-hydrogen) atoms. The topological polar surface area (TPSA) is 46.4 Å². The molecule has 1 aromatic carbocycles. The minimum atomic E-state index is -0.523. The number of hydrogen-bond donors (Lipinski definition) is 0. The molecule has 0 aromatic heterocycles. The Balaban J connectivity index is 2.83. The van der Waals surface area contributed by atoms with Crippen LogP contribution in [0.3, 0.4) is 0 Å². The fourth-order valence-corrected chi connectivity index (χ4v) is 1.42. The van der Waals surface area contributed by atoms with Crippen LogP contribution in [0.5, 0.6) is 0 Å². The summed E-state index contributed by atoms with van der Waals surface area (Å²) in [6, 6.07) is 4.61. The van der Waals surface area contributed by atoms with Gasteiger partial charge in [-0.2, -0.15) is 0 Å². The molecule has 0 atom stereocenters. The lowest BCUT2D eigenvalue weighted by Crippen LogP contribution is -2.04. The standard InChI is InChI=1S/C8H7Cl3N2O2/c9-7-2-1-6(3-4-12(10)11)5-8(7)13(14)15/h1-2,5H,3-4H2. The van der Waals surface area contributed by atoms with Crippen LogP contribution >= 0.6 is 35.2 Å². The normalized spacial score (nSPS) is 10.7. The average Bonchev–Trinajstić information content (AvgIpc) is 2.16. The zero-order chi connectivity index (χ0) is 11.4. The predicted molar refractivity (Wildman–Crippen MR) is 60.2 cm³/mol. The molecule has 0 unspecified atom stereocenters. The van der Waals surface area contributed by atoms with Gasteiger partial charge in [-0.1, -0.05) is 17.7 Å². The van der Waals surface area contributed by atoms with Crippen LogP contribution in [-0.2, 0) is 6.42 Å². The molecule has 1 aromatic rings. The SMILES string of the molecule is O=[N+]([O-])c1cc(CCN(Cl)Cl)ccc1Cl. The molecule has 0 radical (unpaired) electrons. The maximum Gasteiger partial charge on any atom is 0.288 e. The van der Waals surface area contributed by atoms with Crippen molar-refractivity contribution in [2.24, 2.45) is 0 Å². The lowest BCUT2D eigenvalue weighted by Gasteiger charge is -2.04. The summed E-state index contributed by atoms with van der Waals surface area (Å²) in [6.45, 7) is 0.391. The molecule has 0 heterocycles. The number of nitro benzene ring substituents is 1. The molecule has 0 amide bonds. The smallest absolute Gasteiger partial charge is 0.258 e. The number of nitro groups is 1. The van der Waals surface area contributed by atoms with Gasteiger partial charge in [0.2, 0.25) is 0 Å². The van der Waals surface area contributed by atoms with Crippen molar-refractivity contribution in [2.75, 3.05) is 6.54 Å². The molecule has 4 nitrogen and oxygen atoms in total. The van der Waals surface area contributed by atoms with Crippen LogP contribution in [0.1, 0.15) is 5.56 Å². The predicted octanol–water partition coefficient (Wildman–Crippen LogP) is 3.40. The second-order valence-electron chi connectivity index (χ2n) is 2.82. The Hall–Kier alpha value is -0.550. The van der Waals surface area contributed by atoms with Crippen LogP contribution in [0.15, 0.2) is 18.2 Å². The highest BCUT2D eigenvalue weighted by Crippen LogP contribution is 2.25. The highest BCUT2D eigenvalue weighted by Gasteiger charge is 2.12. The van der Waals surface area contributed by atoms with Crippen LogP contribution in [0, 0.1) is 10.1 Å². The number of nitrogens with zero attached hydrogens (tertiary/aromatic N) is 2. The van der Waals surface area contributed by atoms with Crippen molar-refractivity contribution >= 4 is 40.8 Å². The molecule has 7 heteroatoms. The van der Waals surface area contributed by atoms with Gasteiger partial charge in [-0.15, -0.1) is 3.94 Å². The third-order valence-corrected chi connectivity index (χ3v) is 2.43. The Morgan fingerprint density at radius 2 is 2.07 bits per heavy atom. The number of hydrogen-bond acceptors (Lipinski definition) is 3. The molecule has 0 saturated heterocycles. The van der Waals surface area contributed by atoms with Crippen molar-refractivity contribution in [3.8, 4) is 0 Å². The third kappa shape index (κ3) is 3.83. The van der Waals surface area contributed by atoms with E-state index in [1.54, 1.807) is 6.07 Å². The number of benzene rings is 1. The lowest BCUT2D eigenvalue weighted by atomic mass is 10.1. The van der Waals surface area contributed by atoms with Gasteiger partial charge in [-0.3, -0.25) is 10.1 Å². The summed E-state index contributed by atoms with van der Waals surface area (Å²) in [4.78, 5) is 10.0. The minimum Gasteiger partial charge on any atom is -0.258 e. The van der Waals surface area contributed by atoms with E-state index in [0.717, 1.165) is 9.50 Å². The van der Waals surface area contributed by atoms with Gasteiger partial charge in [0.1, 0.15) is 5.02 Å². The quantitative estimate of drug-likeness (QED) is 0.478. The van der Waals surface area contributed by atoms with Gasteiger partial charge in [-0.05, 0) is 41.6 Å². The zero-order valence-electron chi connectivity index (χ0n) is 7.49. The summed E-state index contributed by atoms with van der Waals surface area (Å²) >= 11 is 16.4. The van der Waals surface area contributed by atoms with E-state index in [2.05, 4.69) is 0 Å². The van der Waals surface area contributed by atoms with Crippen molar-refractivity contribution in [1.29, 1.82) is 0 Å². The van der Waals surface area contributed by atoms with E-state index in [1.807, 2.05) is 0 Å². The first-order chi connectivity index (χ1) is 7.00. The third-order valence-electron chi connectivity index (χ3n) is 1.78. The van der Waals surface area contributed by atoms with E-state index in [0.29, 0.717) is 13.0 Å². The van der Waals surface area contributed by atoms with E-state index >= 15 is 0 Å². The van der Waals surface area contributed by atoms with Gasteiger partial charge < -0.3 is 0 Å². The summed E-state index contributed by atoms with van der Waals surface area (Å²) in [5.41, 5.74) is 0.655. The van der Waals surface area contributed by atoms with Crippen LogP contribution in [0.25, 0.3) is 0 Å². The summed E-state index contributed by atoms with van der Waals surface area (Å²) < 4.78 is 0.973. The Morgan fingerprint density at radius 1 is 1.40 bits per heavy atom. The molecule has 82 valence electrons. The maximum atomic E-state index is 10.6. The van der Waals surface area contributed by atoms with Crippen LogP contribution < -0.4 is 0 Å². The molecule has 1 rings (SSSR count). The van der Waals surface area contributed by atoms with Crippen molar-refractivity contribution in [2.45, 2.75) is 6.42 Å². The van der Waals surface area contributed by atoms with E-state index in [-0.39, 0.29) is 10.7 Å². The van der Waals surface area contributed by atoms with Crippen molar-refractivity contribution in [3.05, 3.63) is 38.9 Å². The Morgan fingerprint density at radius 3 is 2.60 bits per heavy atom. The van der Waals surface area contributed by atoms with Gasteiger partial charge in [0.05, 0.1) is 4.92 Å². The largest absolute Gasteiger partial charge is 0.288 e. The lowest BCUT2D eigenvalue weighted by molar-refractivity contribution is -0.384. The fraction of sp³-hybridized carbons (Fsp3) is 0.250. The molecule has 0 aliphatic heterocycles.